The van der Waals surface area contributed by atoms with Gasteiger partial charge in [-0.1, -0.05) is 43.3 Å². The number of rotatable bonds is 8. The van der Waals surface area contributed by atoms with E-state index in [1.807, 2.05) is 13.8 Å². The molecule has 0 aliphatic heterocycles. The first-order valence-corrected chi connectivity index (χ1v) is 11.2. The van der Waals surface area contributed by atoms with E-state index < -0.39 is 18.5 Å². The highest BCUT2D eigenvalue weighted by Crippen LogP contribution is 2.34. The molecule has 8 nitrogen and oxygen atoms in total. The number of hydrogen-bond donors (Lipinski definition) is 1. The van der Waals surface area contributed by atoms with Gasteiger partial charge in [0.15, 0.2) is 28.8 Å². The van der Waals surface area contributed by atoms with Gasteiger partial charge < -0.3 is 19.1 Å². The third-order valence-corrected chi connectivity index (χ3v) is 5.45. The van der Waals surface area contributed by atoms with Crippen LogP contribution in [-0.2, 0) is 19.8 Å². The van der Waals surface area contributed by atoms with Gasteiger partial charge in [-0.15, -0.1) is 0 Å². The van der Waals surface area contributed by atoms with Crippen LogP contribution in [0.3, 0.4) is 0 Å². The van der Waals surface area contributed by atoms with Crippen LogP contribution in [0.1, 0.15) is 42.5 Å². The minimum atomic E-state index is -4.55. The molecule has 0 atom stereocenters. The molecule has 0 saturated heterocycles. The van der Waals surface area contributed by atoms with Crippen LogP contribution in [-0.4, -0.2) is 31.3 Å². The number of hydrogen-bond acceptors (Lipinski definition) is 7. The second-order valence-corrected chi connectivity index (χ2v) is 8.56. The van der Waals surface area contributed by atoms with Gasteiger partial charge in [0.2, 0.25) is 0 Å². The summed E-state index contributed by atoms with van der Waals surface area (Å²) in [4.78, 5) is 12.2. The first-order valence-electron chi connectivity index (χ1n) is 11.2. The van der Waals surface area contributed by atoms with E-state index in [1.54, 1.807) is 31.2 Å². The van der Waals surface area contributed by atoms with Gasteiger partial charge in [-0.3, -0.25) is 0 Å². The largest absolute Gasteiger partial charge is 0.434 e. The van der Waals surface area contributed by atoms with E-state index >= 15 is 0 Å². The van der Waals surface area contributed by atoms with Crippen LogP contribution in [0, 0.1) is 6.92 Å². The molecule has 1 N–H and O–H groups in total. The predicted molar refractivity (Wildman–Crippen MR) is 124 cm³/mol. The molecule has 0 aliphatic carbocycles. The number of ether oxygens (including phenoxy) is 1. The fourth-order valence-corrected chi connectivity index (χ4v) is 3.68. The van der Waals surface area contributed by atoms with Crippen LogP contribution in [0.2, 0.25) is 0 Å². The Morgan fingerprint density at radius 3 is 2.41 bits per heavy atom. The zero-order valence-corrected chi connectivity index (χ0v) is 20.3. The normalized spacial score (nSPS) is 12.0. The Bertz CT molecular complexity index is 1380. The van der Waals surface area contributed by atoms with Gasteiger partial charge in [0.1, 0.15) is 5.82 Å². The van der Waals surface area contributed by atoms with Crippen LogP contribution in [0.5, 0.6) is 5.75 Å². The molecule has 4 rings (SSSR count). The van der Waals surface area contributed by atoms with Crippen molar-refractivity contribution >= 4 is 5.82 Å². The molecule has 0 spiro atoms. The number of aromatic nitrogens is 5. The average Bonchev–Trinajstić information content (AvgIpc) is 3.41. The lowest BCUT2D eigenvalue weighted by atomic mass is 10.0. The molecule has 0 fully saturated rings. The Balaban J connectivity index is 1.58. The van der Waals surface area contributed by atoms with Gasteiger partial charge >= 0.3 is 12.8 Å². The summed E-state index contributed by atoms with van der Waals surface area (Å²) >= 11 is 0. The van der Waals surface area contributed by atoms with E-state index in [0.29, 0.717) is 28.1 Å². The van der Waals surface area contributed by atoms with E-state index in [4.69, 9.17) is 4.52 Å². The number of nitrogens with zero attached hydrogens (tertiary/aromatic N) is 5. The van der Waals surface area contributed by atoms with Crippen molar-refractivity contribution in [1.29, 1.82) is 0 Å². The molecule has 13 heteroatoms. The summed E-state index contributed by atoms with van der Waals surface area (Å²) in [6, 6.07) is 6.61. The van der Waals surface area contributed by atoms with Crippen LogP contribution in [0.4, 0.5) is 27.8 Å². The van der Waals surface area contributed by atoms with Crippen molar-refractivity contribution < 1.29 is 31.2 Å². The van der Waals surface area contributed by atoms with Gasteiger partial charge in [-0.2, -0.15) is 22.0 Å². The van der Waals surface area contributed by atoms with Crippen molar-refractivity contribution in [3.05, 3.63) is 59.4 Å². The Kier molecular flexibility index (Phi) is 7.14. The highest BCUT2D eigenvalue weighted by atomic mass is 19.4. The summed E-state index contributed by atoms with van der Waals surface area (Å²) in [6.07, 6.45) is -2.48. The molecule has 1 aromatic carbocycles. The van der Waals surface area contributed by atoms with E-state index in [1.165, 1.54) is 11.6 Å². The average molecular weight is 522 g/mol. The summed E-state index contributed by atoms with van der Waals surface area (Å²) < 4.78 is 76.1. The zero-order valence-electron chi connectivity index (χ0n) is 20.3. The van der Waals surface area contributed by atoms with Gasteiger partial charge in [0.05, 0.1) is 17.5 Å². The summed E-state index contributed by atoms with van der Waals surface area (Å²) in [5.41, 5.74) is 1.33. The van der Waals surface area contributed by atoms with Gasteiger partial charge in [-0.05, 0) is 12.5 Å². The lowest BCUT2D eigenvalue weighted by molar-refractivity contribution is -0.140. The summed E-state index contributed by atoms with van der Waals surface area (Å²) in [7, 11) is 1.48. The quantitative estimate of drug-likeness (QED) is 0.276. The van der Waals surface area contributed by atoms with Gasteiger partial charge in [-0.25, -0.2) is 15.0 Å². The first-order chi connectivity index (χ1) is 17.4. The summed E-state index contributed by atoms with van der Waals surface area (Å²) in [6.45, 7) is 2.62. The SMILES string of the molecule is Cc1noc(C(C)C)c1-c1ncc(OC(F)F)c(NCc2ccc(-c3nc(C(F)(F)F)cn3C)cc2)n1. The van der Waals surface area contributed by atoms with Crippen molar-refractivity contribution in [3.8, 4) is 28.5 Å². The fraction of sp³-hybridized carbons (Fsp3) is 0.333. The second kappa shape index (κ2) is 10.1. The molecule has 3 aromatic heterocycles. The minimum absolute atomic E-state index is 0.0161. The Morgan fingerprint density at radius 2 is 1.81 bits per heavy atom. The molecule has 0 saturated carbocycles. The van der Waals surface area contributed by atoms with Crippen LogP contribution in [0.15, 0.2) is 41.2 Å². The number of benzene rings is 1. The predicted octanol–water partition coefficient (Wildman–Crippen LogP) is 6.20. The third kappa shape index (κ3) is 5.70. The molecule has 3 heterocycles. The molecule has 0 unspecified atom stereocenters. The standard InChI is InChI=1S/C24H23F5N6O2/c1-12(2)19-18(13(3)34-37-19)21-31-10-16(36-23(25)26)20(33-21)30-9-14-5-7-15(8-6-14)22-32-17(11-35(22)4)24(27,28)29/h5-8,10-12,23H,9H2,1-4H3,(H,30,31,33). The zero-order chi connectivity index (χ0) is 26.9. The van der Waals surface area contributed by atoms with Gasteiger partial charge in [0.25, 0.3) is 0 Å². The highest BCUT2D eigenvalue weighted by molar-refractivity contribution is 5.64. The van der Waals surface area contributed by atoms with Crippen LogP contribution >= 0.6 is 0 Å². The van der Waals surface area contributed by atoms with Crippen molar-refractivity contribution in [1.82, 2.24) is 24.7 Å². The number of anilines is 1. The maximum atomic E-state index is 13.0. The molecular weight excluding hydrogens is 499 g/mol. The number of halogens is 5. The van der Waals surface area contributed by atoms with Crippen molar-refractivity contribution in [2.75, 3.05) is 5.32 Å². The summed E-state index contributed by atoms with van der Waals surface area (Å²) in [5.74, 6) is 0.719. The monoisotopic (exact) mass is 522 g/mol. The number of imidazole rings is 1. The first kappa shape index (κ1) is 26.0. The Morgan fingerprint density at radius 1 is 1.11 bits per heavy atom. The maximum Gasteiger partial charge on any atom is 0.434 e. The van der Waals surface area contributed by atoms with E-state index in [2.05, 4.69) is 30.2 Å². The molecule has 0 aliphatic rings. The smallest absolute Gasteiger partial charge is 0.429 e. The molecule has 196 valence electrons. The lowest BCUT2D eigenvalue weighted by Crippen LogP contribution is -2.10. The van der Waals surface area contributed by atoms with E-state index in [-0.39, 0.29) is 35.7 Å². The number of aryl methyl sites for hydroxylation is 2. The molecule has 37 heavy (non-hydrogen) atoms. The maximum absolute atomic E-state index is 13.0. The highest BCUT2D eigenvalue weighted by Gasteiger charge is 2.34. The van der Waals surface area contributed by atoms with Crippen LogP contribution in [0.25, 0.3) is 22.8 Å². The Hall–Kier alpha value is -4.03. The molecule has 0 bridgehead atoms. The summed E-state index contributed by atoms with van der Waals surface area (Å²) in [5, 5.41) is 6.94. The topological polar surface area (TPSA) is 90.9 Å². The van der Waals surface area contributed by atoms with Gasteiger partial charge in [0, 0.05) is 31.3 Å². The molecule has 0 radical (unpaired) electrons. The number of nitrogens with one attached hydrogen (secondary N) is 1. The minimum Gasteiger partial charge on any atom is -0.429 e. The number of alkyl halides is 5. The lowest BCUT2D eigenvalue weighted by Gasteiger charge is -2.13. The molecule has 4 aromatic rings. The van der Waals surface area contributed by atoms with E-state index in [0.717, 1.165) is 12.4 Å². The fourth-order valence-electron chi connectivity index (χ4n) is 3.68. The second-order valence-electron chi connectivity index (χ2n) is 8.56. The van der Waals surface area contributed by atoms with Crippen molar-refractivity contribution in [2.45, 2.75) is 46.0 Å². The van der Waals surface area contributed by atoms with E-state index in [9.17, 15) is 22.0 Å². The van der Waals surface area contributed by atoms with Crippen molar-refractivity contribution in [3.63, 3.8) is 0 Å². The molecular formula is C24H23F5N6O2. The van der Waals surface area contributed by atoms with Crippen LogP contribution < -0.4 is 10.1 Å². The third-order valence-electron chi connectivity index (χ3n) is 5.45. The molecule has 0 amide bonds. The van der Waals surface area contributed by atoms with Crippen molar-refractivity contribution in [2.24, 2.45) is 7.05 Å². The Labute approximate surface area is 208 Å².